The van der Waals surface area contributed by atoms with Crippen molar-refractivity contribution in [1.82, 2.24) is 24.9 Å². The highest BCUT2D eigenvalue weighted by Gasteiger charge is 2.24. The van der Waals surface area contributed by atoms with E-state index in [-0.39, 0.29) is 17.8 Å². The zero-order valence-corrected chi connectivity index (χ0v) is 14.9. The molecule has 0 saturated carbocycles. The van der Waals surface area contributed by atoms with E-state index in [0.717, 1.165) is 54.0 Å². The van der Waals surface area contributed by atoms with E-state index in [1.807, 2.05) is 6.92 Å². The summed E-state index contributed by atoms with van der Waals surface area (Å²) >= 11 is 1.75. The van der Waals surface area contributed by atoms with Gasteiger partial charge in [-0.05, 0) is 44.6 Å². The molecule has 130 valence electrons. The second-order valence-corrected chi connectivity index (χ2v) is 7.80. The molecule has 1 aliphatic carbocycles. The Morgan fingerprint density at radius 3 is 3.12 bits per heavy atom. The summed E-state index contributed by atoms with van der Waals surface area (Å²) in [6, 6.07) is 0. The summed E-state index contributed by atoms with van der Waals surface area (Å²) in [6.45, 7) is 3.19. The van der Waals surface area contributed by atoms with Gasteiger partial charge in [0.25, 0.3) is 5.91 Å². The summed E-state index contributed by atoms with van der Waals surface area (Å²) in [7, 11) is 0. The number of carbonyl (C=O) groups excluding carboxylic acids is 1. The number of hydrogen-bond donors (Lipinski definition) is 1. The predicted octanol–water partition coefficient (Wildman–Crippen LogP) is 2.04. The molecule has 3 aromatic heterocycles. The van der Waals surface area contributed by atoms with Gasteiger partial charge in [0.1, 0.15) is 10.7 Å². The van der Waals surface area contributed by atoms with Crippen molar-refractivity contribution < 1.29 is 9.53 Å². The van der Waals surface area contributed by atoms with Crippen molar-refractivity contribution in [1.29, 1.82) is 0 Å². The molecule has 1 N–H and O–H groups in total. The first-order chi connectivity index (χ1) is 12.2. The van der Waals surface area contributed by atoms with E-state index >= 15 is 0 Å². The van der Waals surface area contributed by atoms with Gasteiger partial charge in [-0.25, -0.2) is 9.97 Å². The summed E-state index contributed by atoms with van der Waals surface area (Å²) in [4.78, 5) is 24.1. The highest BCUT2D eigenvalue weighted by Crippen LogP contribution is 2.38. The van der Waals surface area contributed by atoms with Crippen molar-refractivity contribution in [2.45, 2.75) is 45.1 Å². The van der Waals surface area contributed by atoms with Crippen molar-refractivity contribution in [3.63, 3.8) is 0 Å². The lowest BCUT2D eigenvalue weighted by atomic mass is 10.2. The van der Waals surface area contributed by atoms with E-state index < -0.39 is 0 Å². The number of aromatic nitrogens is 4. The van der Waals surface area contributed by atoms with Crippen LogP contribution in [-0.4, -0.2) is 44.7 Å². The molecule has 0 spiro atoms. The van der Waals surface area contributed by atoms with Crippen LogP contribution >= 0.6 is 11.3 Å². The van der Waals surface area contributed by atoms with Crippen LogP contribution in [0.5, 0.6) is 0 Å². The van der Waals surface area contributed by atoms with E-state index in [2.05, 4.69) is 20.4 Å². The van der Waals surface area contributed by atoms with Crippen molar-refractivity contribution >= 4 is 33.1 Å². The summed E-state index contributed by atoms with van der Waals surface area (Å²) in [5.74, 6) is 0.708. The van der Waals surface area contributed by atoms with Crippen LogP contribution in [0.2, 0.25) is 0 Å². The fourth-order valence-electron chi connectivity index (χ4n) is 3.78. The maximum Gasteiger partial charge on any atom is 0.291 e. The number of nitrogens with one attached hydrogen (secondary N) is 1. The third kappa shape index (κ3) is 2.43. The third-order valence-electron chi connectivity index (χ3n) is 5.02. The Bertz CT molecular complexity index is 986. The molecule has 0 radical (unpaired) electrons. The number of ether oxygens (including phenoxy) is 1. The molecule has 1 amide bonds. The first kappa shape index (κ1) is 15.2. The van der Waals surface area contributed by atoms with E-state index in [0.29, 0.717) is 6.54 Å². The van der Waals surface area contributed by atoms with Crippen LogP contribution in [0.3, 0.4) is 0 Å². The maximum absolute atomic E-state index is 12.5. The molecular formula is C17H19N5O2S. The van der Waals surface area contributed by atoms with Gasteiger partial charge in [0.05, 0.1) is 11.5 Å². The van der Waals surface area contributed by atoms with E-state index in [1.54, 1.807) is 15.9 Å². The van der Waals surface area contributed by atoms with Gasteiger partial charge in [0.2, 0.25) is 5.82 Å². The molecule has 1 aliphatic heterocycles. The molecule has 7 nitrogen and oxygen atoms in total. The number of rotatable bonds is 3. The molecule has 1 saturated heterocycles. The highest BCUT2D eigenvalue weighted by atomic mass is 32.1. The number of amides is 1. The molecule has 3 aromatic rings. The quantitative estimate of drug-likeness (QED) is 0.776. The molecule has 25 heavy (non-hydrogen) atoms. The van der Waals surface area contributed by atoms with Gasteiger partial charge < -0.3 is 10.1 Å². The molecule has 5 rings (SSSR count). The number of thiophene rings is 1. The second-order valence-electron chi connectivity index (χ2n) is 6.71. The van der Waals surface area contributed by atoms with Gasteiger partial charge in [-0.1, -0.05) is 0 Å². The first-order valence-corrected chi connectivity index (χ1v) is 9.60. The summed E-state index contributed by atoms with van der Waals surface area (Å²) in [5, 5.41) is 8.38. The normalized spacial score (nSPS) is 19.8. The van der Waals surface area contributed by atoms with E-state index in [9.17, 15) is 4.79 Å². The molecule has 2 aliphatic rings. The van der Waals surface area contributed by atoms with Crippen LogP contribution in [0, 0.1) is 6.92 Å². The minimum atomic E-state index is -0.251. The Hall–Kier alpha value is -2.06. The van der Waals surface area contributed by atoms with Crippen molar-refractivity contribution in [2.75, 3.05) is 13.2 Å². The number of carbonyl (C=O) groups is 1. The van der Waals surface area contributed by atoms with Crippen molar-refractivity contribution in [3.05, 3.63) is 22.1 Å². The highest BCUT2D eigenvalue weighted by molar-refractivity contribution is 7.19. The lowest BCUT2D eigenvalue weighted by Crippen LogP contribution is -2.32. The Kier molecular flexibility index (Phi) is 3.49. The predicted molar refractivity (Wildman–Crippen MR) is 94.2 cm³/mol. The topological polar surface area (TPSA) is 81.4 Å². The van der Waals surface area contributed by atoms with Crippen LogP contribution in [0.4, 0.5) is 0 Å². The third-order valence-corrected chi connectivity index (χ3v) is 6.21. The number of fused-ring (bicyclic) bond motifs is 5. The van der Waals surface area contributed by atoms with Crippen LogP contribution < -0.4 is 5.32 Å². The molecule has 0 aromatic carbocycles. The Balaban J connectivity index is 1.53. The zero-order valence-electron chi connectivity index (χ0n) is 14.0. The Labute approximate surface area is 148 Å². The Morgan fingerprint density at radius 1 is 1.36 bits per heavy atom. The van der Waals surface area contributed by atoms with E-state index in [1.165, 1.54) is 16.9 Å². The molecular weight excluding hydrogens is 338 g/mol. The number of hydrogen-bond acceptors (Lipinski definition) is 6. The van der Waals surface area contributed by atoms with Crippen molar-refractivity contribution in [2.24, 2.45) is 0 Å². The second kappa shape index (κ2) is 5.74. The fraction of sp³-hybridized carbons (Fsp3) is 0.529. The maximum atomic E-state index is 12.5. The van der Waals surface area contributed by atoms with Crippen LogP contribution in [-0.2, 0) is 17.6 Å². The summed E-state index contributed by atoms with van der Waals surface area (Å²) in [5.41, 5.74) is 2.10. The molecule has 4 heterocycles. The SMILES string of the molecule is Cc1nc2sc3c(c2c2nc(C(=O)NC[C@@H]4CCCO4)nn12)CCC3. The van der Waals surface area contributed by atoms with Gasteiger partial charge in [-0.2, -0.15) is 4.52 Å². The fourth-order valence-corrected chi connectivity index (χ4v) is 5.08. The average molecular weight is 357 g/mol. The lowest BCUT2D eigenvalue weighted by Gasteiger charge is -2.08. The largest absolute Gasteiger partial charge is 0.376 e. The summed E-state index contributed by atoms with van der Waals surface area (Å²) in [6.07, 6.45) is 5.51. The monoisotopic (exact) mass is 357 g/mol. The smallest absolute Gasteiger partial charge is 0.291 e. The van der Waals surface area contributed by atoms with Crippen LogP contribution in [0.15, 0.2) is 0 Å². The first-order valence-electron chi connectivity index (χ1n) is 8.78. The standard InChI is InChI=1S/C17H19N5O2S/c1-9-19-17-13(11-5-2-6-12(11)25-17)15-20-14(21-22(9)15)16(23)18-8-10-4-3-7-24-10/h10H,2-8H2,1H3,(H,18,23)/t10-/m0/s1. The number of nitrogens with zero attached hydrogens (tertiary/aromatic N) is 4. The minimum absolute atomic E-state index is 0.108. The molecule has 1 atom stereocenters. The van der Waals surface area contributed by atoms with Gasteiger partial charge in [0.15, 0.2) is 5.65 Å². The summed E-state index contributed by atoms with van der Waals surface area (Å²) < 4.78 is 7.25. The van der Waals surface area contributed by atoms with Crippen LogP contribution in [0.1, 0.15) is 46.1 Å². The average Bonchev–Trinajstić information content (AvgIpc) is 3.34. The molecule has 0 unspecified atom stereocenters. The molecule has 8 heteroatoms. The lowest BCUT2D eigenvalue weighted by molar-refractivity contribution is 0.0849. The van der Waals surface area contributed by atoms with Gasteiger partial charge in [0, 0.05) is 18.0 Å². The number of aryl methyl sites for hydroxylation is 3. The van der Waals surface area contributed by atoms with Gasteiger partial charge >= 0.3 is 0 Å². The molecule has 0 bridgehead atoms. The van der Waals surface area contributed by atoms with E-state index in [4.69, 9.17) is 4.74 Å². The van der Waals surface area contributed by atoms with Gasteiger partial charge in [-0.15, -0.1) is 16.4 Å². The molecule has 1 fully saturated rings. The Morgan fingerprint density at radius 2 is 2.28 bits per heavy atom. The van der Waals surface area contributed by atoms with Crippen molar-refractivity contribution in [3.8, 4) is 0 Å². The zero-order chi connectivity index (χ0) is 17.0. The van der Waals surface area contributed by atoms with Crippen LogP contribution in [0.25, 0.3) is 15.9 Å². The minimum Gasteiger partial charge on any atom is -0.376 e. The van der Waals surface area contributed by atoms with Gasteiger partial charge in [-0.3, -0.25) is 4.79 Å².